The summed E-state index contributed by atoms with van der Waals surface area (Å²) in [5.41, 5.74) is 1.15. The lowest BCUT2D eigenvalue weighted by Gasteiger charge is -2.28. The van der Waals surface area contributed by atoms with Gasteiger partial charge in [0, 0.05) is 13.6 Å². The normalized spacial score (nSPS) is 16.6. The van der Waals surface area contributed by atoms with Crippen LogP contribution in [0.4, 0.5) is 11.4 Å². The Morgan fingerprint density at radius 2 is 2.15 bits per heavy atom. The molecule has 138 valence electrons. The Morgan fingerprint density at radius 3 is 2.85 bits per heavy atom. The van der Waals surface area contributed by atoms with Crippen molar-refractivity contribution in [1.29, 1.82) is 0 Å². The number of methoxy groups -OCH3 is 1. The van der Waals surface area contributed by atoms with Crippen molar-refractivity contribution in [2.24, 2.45) is 0 Å². The molecule has 0 saturated heterocycles. The molecule has 1 aromatic rings. The number of aliphatic hydroxyl groups excluding tert-OH is 1. The number of hydrogen-bond donors (Lipinski definition) is 2. The summed E-state index contributed by atoms with van der Waals surface area (Å²) in [4.78, 5) is 39.4. The molecule has 2 amide bonds. The highest BCUT2D eigenvalue weighted by Crippen LogP contribution is 2.39. The molecule has 2 aliphatic rings. The van der Waals surface area contributed by atoms with Gasteiger partial charge in [0.05, 0.1) is 31.5 Å². The molecule has 0 unspecified atom stereocenters. The van der Waals surface area contributed by atoms with Crippen LogP contribution in [0.3, 0.4) is 0 Å². The standard InChI is InChI=1S/C17H19N3O6/c1-19-13(22)9-26-12-5-3-4-11(15(12)19)18-14-10(17(24)25-2)8-20(6-7-21)16(14)23/h3-5,18,21H,6-9H2,1-2H3. The number of hydrogen-bond acceptors (Lipinski definition) is 7. The number of nitrogens with zero attached hydrogens (tertiary/aromatic N) is 2. The number of benzene rings is 1. The molecule has 0 spiro atoms. The van der Waals surface area contributed by atoms with E-state index in [2.05, 4.69) is 5.32 Å². The summed E-state index contributed by atoms with van der Waals surface area (Å²) < 4.78 is 10.2. The number of esters is 1. The molecule has 2 N–H and O–H groups in total. The van der Waals surface area contributed by atoms with Crippen molar-refractivity contribution >= 4 is 29.2 Å². The average Bonchev–Trinajstić information content (AvgIpc) is 2.94. The number of ether oxygens (including phenoxy) is 2. The monoisotopic (exact) mass is 361 g/mol. The molecule has 0 radical (unpaired) electrons. The molecular weight excluding hydrogens is 342 g/mol. The molecule has 3 rings (SSSR count). The number of fused-ring (bicyclic) bond motifs is 1. The van der Waals surface area contributed by atoms with Gasteiger partial charge in [-0.15, -0.1) is 0 Å². The molecule has 0 fully saturated rings. The van der Waals surface area contributed by atoms with Crippen LogP contribution >= 0.6 is 0 Å². The zero-order chi connectivity index (χ0) is 18.8. The molecular formula is C17H19N3O6. The van der Waals surface area contributed by atoms with Gasteiger partial charge in [-0.25, -0.2) is 4.79 Å². The molecule has 0 atom stereocenters. The number of anilines is 2. The van der Waals surface area contributed by atoms with Crippen LogP contribution < -0.4 is 15.0 Å². The van der Waals surface area contributed by atoms with Crippen LogP contribution in [0.2, 0.25) is 0 Å². The topological polar surface area (TPSA) is 108 Å². The molecule has 0 saturated carbocycles. The molecule has 26 heavy (non-hydrogen) atoms. The molecule has 0 aromatic heterocycles. The molecule has 9 heteroatoms. The average molecular weight is 361 g/mol. The Bertz CT molecular complexity index is 804. The van der Waals surface area contributed by atoms with E-state index in [1.807, 2.05) is 0 Å². The predicted molar refractivity (Wildman–Crippen MR) is 91.7 cm³/mol. The second-order valence-corrected chi connectivity index (χ2v) is 5.81. The van der Waals surface area contributed by atoms with Gasteiger partial charge in [-0.2, -0.15) is 0 Å². The number of carbonyl (C=O) groups excluding carboxylic acids is 3. The Morgan fingerprint density at radius 1 is 1.38 bits per heavy atom. The predicted octanol–water partition coefficient (Wildman–Crippen LogP) is -0.285. The molecule has 9 nitrogen and oxygen atoms in total. The highest BCUT2D eigenvalue weighted by atomic mass is 16.5. The van der Waals surface area contributed by atoms with E-state index in [1.165, 1.54) is 16.9 Å². The van der Waals surface area contributed by atoms with E-state index in [4.69, 9.17) is 14.6 Å². The summed E-state index contributed by atoms with van der Waals surface area (Å²) in [6.45, 7) is -0.154. The van der Waals surface area contributed by atoms with Crippen molar-refractivity contribution in [3.05, 3.63) is 29.5 Å². The lowest BCUT2D eigenvalue weighted by atomic mass is 10.1. The largest absolute Gasteiger partial charge is 0.481 e. The van der Waals surface area contributed by atoms with Crippen molar-refractivity contribution < 1.29 is 29.0 Å². The van der Waals surface area contributed by atoms with Gasteiger partial charge in [0.2, 0.25) is 0 Å². The first kappa shape index (κ1) is 17.7. The van der Waals surface area contributed by atoms with Gasteiger partial charge in [-0.1, -0.05) is 6.07 Å². The van der Waals surface area contributed by atoms with E-state index >= 15 is 0 Å². The van der Waals surface area contributed by atoms with E-state index in [9.17, 15) is 14.4 Å². The lowest BCUT2D eigenvalue weighted by Crippen LogP contribution is -2.36. The van der Waals surface area contributed by atoms with E-state index in [0.29, 0.717) is 17.1 Å². The molecule has 0 bridgehead atoms. The van der Waals surface area contributed by atoms with Crippen LogP contribution in [-0.4, -0.2) is 68.3 Å². The summed E-state index contributed by atoms with van der Waals surface area (Å²) in [6, 6.07) is 5.11. The number of para-hydroxylation sites is 1. The van der Waals surface area contributed by atoms with Crippen LogP contribution in [0, 0.1) is 0 Å². The summed E-state index contributed by atoms with van der Waals surface area (Å²) in [7, 11) is 2.84. The van der Waals surface area contributed by atoms with E-state index in [-0.39, 0.29) is 43.5 Å². The third-order valence-corrected chi connectivity index (χ3v) is 4.27. The maximum Gasteiger partial charge on any atom is 0.337 e. The van der Waals surface area contributed by atoms with Crippen LogP contribution in [0.15, 0.2) is 29.5 Å². The number of likely N-dealkylation sites (N-methyl/N-ethyl adjacent to an activating group) is 1. The van der Waals surface area contributed by atoms with E-state index in [1.54, 1.807) is 25.2 Å². The minimum Gasteiger partial charge on any atom is -0.481 e. The number of amides is 2. The Labute approximate surface area is 149 Å². The smallest absolute Gasteiger partial charge is 0.337 e. The lowest BCUT2D eigenvalue weighted by molar-refractivity contribution is -0.136. The minimum absolute atomic E-state index is 0.0364. The van der Waals surface area contributed by atoms with Gasteiger partial charge in [0.1, 0.15) is 17.1 Å². The third-order valence-electron chi connectivity index (χ3n) is 4.27. The summed E-state index contributed by atoms with van der Waals surface area (Å²) in [5, 5.41) is 12.1. The zero-order valence-corrected chi connectivity index (χ0v) is 14.4. The second-order valence-electron chi connectivity index (χ2n) is 5.81. The van der Waals surface area contributed by atoms with Crippen molar-refractivity contribution in [2.75, 3.05) is 50.7 Å². The number of carbonyl (C=O) groups is 3. The fourth-order valence-electron chi connectivity index (χ4n) is 2.93. The number of rotatable bonds is 5. The second kappa shape index (κ2) is 7.04. The first-order valence-corrected chi connectivity index (χ1v) is 7.99. The summed E-state index contributed by atoms with van der Waals surface area (Å²) in [6.07, 6.45) is 0. The molecule has 2 aliphatic heterocycles. The van der Waals surface area contributed by atoms with Crippen LogP contribution in [0.1, 0.15) is 0 Å². The van der Waals surface area contributed by atoms with Gasteiger partial charge < -0.3 is 29.7 Å². The molecule has 2 heterocycles. The van der Waals surface area contributed by atoms with Crippen LogP contribution in [0.5, 0.6) is 5.75 Å². The first-order valence-electron chi connectivity index (χ1n) is 7.99. The van der Waals surface area contributed by atoms with Gasteiger partial charge >= 0.3 is 5.97 Å². The quantitative estimate of drug-likeness (QED) is 0.694. The van der Waals surface area contributed by atoms with Gasteiger partial charge in [-0.05, 0) is 12.1 Å². The third kappa shape index (κ3) is 2.97. The Hall–Kier alpha value is -3.07. The van der Waals surface area contributed by atoms with E-state index < -0.39 is 11.9 Å². The van der Waals surface area contributed by atoms with Crippen molar-refractivity contribution in [1.82, 2.24) is 4.90 Å². The minimum atomic E-state index is -0.633. The maximum atomic E-state index is 12.6. The van der Waals surface area contributed by atoms with Crippen LogP contribution in [-0.2, 0) is 19.1 Å². The number of β-amino-alcohol motifs (C(OH)–C–C–N with tert-alkyl or cyclic N) is 1. The maximum absolute atomic E-state index is 12.6. The highest BCUT2D eigenvalue weighted by Gasteiger charge is 2.35. The molecule has 0 aliphatic carbocycles. The fraction of sp³-hybridized carbons (Fsp3) is 0.353. The van der Waals surface area contributed by atoms with Gasteiger partial charge in [0.25, 0.3) is 11.8 Å². The Kier molecular flexibility index (Phi) is 4.81. The number of aliphatic hydroxyl groups is 1. The number of nitrogens with one attached hydrogen (secondary N) is 1. The van der Waals surface area contributed by atoms with Crippen molar-refractivity contribution in [3.63, 3.8) is 0 Å². The Balaban J connectivity index is 2.00. The zero-order valence-electron chi connectivity index (χ0n) is 14.4. The van der Waals surface area contributed by atoms with Gasteiger partial charge in [-0.3, -0.25) is 9.59 Å². The van der Waals surface area contributed by atoms with Crippen molar-refractivity contribution in [3.8, 4) is 5.75 Å². The van der Waals surface area contributed by atoms with E-state index in [0.717, 1.165) is 0 Å². The first-order chi connectivity index (χ1) is 12.5. The fourth-order valence-corrected chi connectivity index (χ4v) is 2.93. The summed E-state index contributed by atoms with van der Waals surface area (Å²) in [5.74, 6) is -0.793. The highest BCUT2D eigenvalue weighted by molar-refractivity contribution is 6.10. The van der Waals surface area contributed by atoms with Crippen molar-refractivity contribution in [2.45, 2.75) is 0 Å². The SMILES string of the molecule is COC(=O)C1=C(Nc2cccc3c2N(C)C(=O)CO3)C(=O)N(CCO)C1. The summed E-state index contributed by atoms with van der Waals surface area (Å²) >= 11 is 0. The van der Waals surface area contributed by atoms with Crippen LogP contribution in [0.25, 0.3) is 0 Å². The van der Waals surface area contributed by atoms with Gasteiger partial charge in [0.15, 0.2) is 6.61 Å². The molecule has 1 aromatic carbocycles.